The molecule has 0 radical (unpaired) electrons. The van der Waals surface area contributed by atoms with Crippen LogP contribution in [0.5, 0.6) is 0 Å². The van der Waals surface area contributed by atoms with E-state index in [1.807, 2.05) is 0 Å². The lowest BCUT2D eigenvalue weighted by Crippen LogP contribution is -1.97. The van der Waals surface area contributed by atoms with Crippen molar-refractivity contribution < 1.29 is 0 Å². The maximum absolute atomic E-state index is 5.58. The van der Waals surface area contributed by atoms with Crippen LogP contribution in [0.15, 0.2) is 18.2 Å². The number of aryl methyl sites for hydroxylation is 2. The van der Waals surface area contributed by atoms with E-state index in [9.17, 15) is 0 Å². The Hall–Kier alpha value is -1.22. The fourth-order valence-electron chi connectivity index (χ4n) is 1.74. The highest BCUT2D eigenvalue weighted by atomic mass is 14.1. The average Bonchev–Trinajstić information content (AvgIpc) is 2.24. The summed E-state index contributed by atoms with van der Waals surface area (Å²) in [6, 6.07) is 6.57. The molecule has 1 aromatic rings. The first kappa shape index (κ1) is 11.9. The molecule has 0 bridgehead atoms. The Morgan fingerprint density at radius 1 is 1.27 bits per heavy atom. The predicted octanol–water partition coefficient (Wildman–Crippen LogP) is 4.21. The highest BCUT2D eigenvalue weighted by Crippen LogP contribution is 2.23. The number of hydrogen-bond donors (Lipinski definition) is 0. The molecule has 0 spiro atoms. The highest BCUT2D eigenvalue weighted by molar-refractivity contribution is 5.34. The standard InChI is InChI=1S/C15H20/c1-5-7-8-14(6-2)15-10-9-12(3)13(4)11-15/h2,9-11,14H,5,7-8H2,1,3-4H3. The van der Waals surface area contributed by atoms with E-state index in [4.69, 9.17) is 6.42 Å². The Labute approximate surface area is 93.7 Å². The Bertz CT molecular complexity index is 355. The van der Waals surface area contributed by atoms with Crippen LogP contribution >= 0.6 is 0 Å². The lowest BCUT2D eigenvalue weighted by molar-refractivity contribution is 0.675. The maximum Gasteiger partial charge on any atom is 0.0449 e. The summed E-state index contributed by atoms with van der Waals surface area (Å²) in [7, 11) is 0. The number of benzene rings is 1. The quantitative estimate of drug-likeness (QED) is 0.639. The van der Waals surface area contributed by atoms with Gasteiger partial charge in [0.15, 0.2) is 0 Å². The summed E-state index contributed by atoms with van der Waals surface area (Å²) in [5, 5.41) is 0. The van der Waals surface area contributed by atoms with Crippen LogP contribution in [0.2, 0.25) is 0 Å². The van der Waals surface area contributed by atoms with Crippen molar-refractivity contribution in [2.24, 2.45) is 0 Å². The van der Waals surface area contributed by atoms with Crippen LogP contribution in [0.3, 0.4) is 0 Å². The van der Waals surface area contributed by atoms with E-state index in [0.29, 0.717) is 5.92 Å². The van der Waals surface area contributed by atoms with Crippen LogP contribution in [-0.2, 0) is 0 Å². The van der Waals surface area contributed by atoms with Crippen molar-refractivity contribution in [1.29, 1.82) is 0 Å². The molecular formula is C15H20. The second-order valence-electron chi connectivity index (χ2n) is 4.21. The third-order valence-electron chi connectivity index (χ3n) is 2.98. The summed E-state index contributed by atoms with van der Waals surface area (Å²) < 4.78 is 0. The van der Waals surface area contributed by atoms with Gasteiger partial charge in [-0.1, -0.05) is 43.9 Å². The Kier molecular flexibility index (Phi) is 4.43. The zero-order valence-electron chi connectivity index (χ0n) is 10.0. The molecule has 0 fully saturated rings. The summed E-state index contributed by atoms with van der Waals surface area (Å²) in [6.45, 7) is 6.48. The fourth-order valence-corrected chi connectivity index (χ4v) is 1.74. The topological polar surface area (TPSA) is 0 Å². The van der Waals surface area contributed by atoms with Crippen LogP contribution in [0.25, 0.3) is 0 Å². The summed E-state index contributed by atoms with van der Waals surface area (Å²) in [4.78, 5) is 0. The van der Waals surface area contributed by atoms with Gasteiger partial charge in [-0.15, -0.1) is 6.42 Å². The molecule has 0 heteroatoms. The van der Waals surface area contributed by atoms with Crippen LogP contribution in [0, 0.1) is 26.2 Å². The van der Waals surface area contributed by atoms with Crippen molar-refractivity contribution >= 4 is 0 Å². The van der Waals surface area contributed by atoms with Crippen molar-refractivity contribution in [2.75, 3.05) is 0 Å². The average molecular weight is 200 g/mol. The third-order valence-corrected chi connectivity index (χ3v) is 2.98. The van der Waals surface area contributed by atoms with Crippen molar-refractivity contribution in [3.63, 3.8) is 0 Å². The molecule has 0 aliphatic heterocycles. The number of unbranched alkanes of at least 4 members (excludes halogenated alkanes) is 1. The van der Waals surface area contributed by atoms with Gasteiger partial charge < -0.3 is 0 Å². The first-order valence-electron chi connectivity index (χ1n) is 5.72. The largest absolute Gasteiger partial charge is 0.119 e. The number of rotatable bonds is 4. The summed E-state index contributed by atoms with van der Waals surface area (Å²) in [6.07, 6.45) is 9.11. The first-order valence-corrected chi connectivity index (χ1v) is 5.72. The molecule has 0 nitrogen and oxygen atoms in total. The molecule has 0 aliphatic rings. The summed E-state index contributed by atoms with van der Waals surface area (Å²) in [5.74, 6) is 3.20. The molecule has 0 aromatic heterocycles. The molecule has 1 atom stereocenters. The molecule has 0 aliphatic carbocycles. The molecular weight excluding hydrogens is 180 g/mol. The Balaban J connectivity index is 2.84. The van der Waals surface area contributed by atoms with Crippen LogP contribution in [0.1, 0.15) is 48.8 Å². The van der Waals surface area contributed by atoms with Gasteiger partial charge in [-0.3, -0.25) is 0 Å². The summed E-state index contributed by atoms with van der Waals surface area (Å²) in [5.41, 5.74) is 3.98. The van der Waals surface area contributed by atoms with E-state index in [2.05, 4.69) is 44.9 Å². The van der Waals surface area contributed by atoms with Gasteiger partial charge >= 0.3 is 0 Å². The van der Waals surface area contributed by atoms with Crippen molar-refractivity contribution in [3.05, 3.63) is 34.9 Å². The van der Waals surface area contributed by atoms with Gasteiger partial charge in [0.2, 0.25) is 0 Å². The first-order chi connectivity index (χ1) is 7.19. The normalized spacial score (nSPS) is 12.1. The molecule has 0 amide bonds. The summed E-state index contributed by atoms with van der Waals surface area (Å²) >= 11 is 0. The number of hydrogen-bond acceptors (Lipinski definition) is 0. The van der Waals surface area contributed by atoms with Gasteiger partial charge in [-0.25, -0.2) is 0 Å². The zero-order valence-corrected chi connectivity index (χ0v) is 10.0. The number of terminal acetylenes is 1. The van der Waals surface area contributed by atoms with Gasteiger partial charge in [0.1, 0.15) is 0 Å². The molecule has 1 aromatic carbocycles. The molecule has 0 saturated carbocycles. The lowest BCUT2D eigenvalue weighted by atomic mass is 9.92. The van der Waals surface area contributed by atoms with E-state index >= 15 is 0 Å². The Morgan fingerprint density at radius 2 is 2.00 bits per heavy atom. The van der Waals surface area contributed by atoms with E-state index in [-0.39, 0.29) is 0 Å². The van der Waals surface area contributed by atoms with Crippen molar-refractivity contribution in [3.8, 4) is 12.3 Å². The molecule has 80 valence electrons. The minimum absolute atomic E-state index is 0.296. The second-order valence-corrected chi connectivity index (χ2v) is 4.21. The van der Waals surface area contributed by atoms with E-state index < -0.39 is 0 Å². The van der Waals surface area contributed by atoms with E-state index in [1.165, 1.54) is 29.5 Å². The molecule has 15 heavy (non-hydrogen) atoms. The van der Waals surface area contributed by atoms with E-state index in [1.54, 1.807) is 0 Å². The van der Waals surface area contributed by atoms with Gasteiger partial charge in [-0.05, 0) is 37.0 Å². The van der Waals surface area contributed by atoms with E-state index in [0.717, 1.165) is 6.42 Å². The highest BCUT2D eigenvalue weighted by Gasteiger charge is 2.08. The van der Waals surface area contributed by atoms with Crippen LogP contribution < -0.4 is 0 Å². The predicted molar refractivity (Wildman–Crippen MR) is 67.0 cm³/mol. The monoisotopic (exact) mass is 200 g/mol. The molecule has 0 N–H and O–H groups in total. The van der Waals surface area contributed by atoms with Gasteiger partial charge in [0, 0.05) is 5.92 Å². The van der Waals surface area contributed by atoms with Gasteiger partial charge in [0.05, 0.1) is 0 Å². The molecule has 0 saturated heterocycles. The Morgan fingerprint density at radius 3 is 2.53 bits per heavy atom. The fraction of sp³-hybridized carbons (Fsp3) is 0.467. The third kappa shape index (κ3) is 3.13. The second kappa shape index (κ2) is 5.61. The van der Waals surface area contributed by atoms with Gasteiger partial charge in [0.25, 0.3) is 0 Å². The molecule has 0 heterocycles. The van der Waals surface area contributed by atoms with Crippen LogP contribution in [0.4, 0.5) is 0 Å². The minimum Gasteiger partial charge on any atom is -0.119 e. The SMILES string of the molecule is C#CC(CCCC)c1ccc(C)c(C)c1. The van der Waals surface area contributed by atoms with Gasteiger partial charge in [-0.2, -0.15) is 0 Å². The minimum atomic E-state index is 0.296. The lowest BCUT2D eigenvalue weighted by Gasteiger charge is -2.12. The molecule has 1 unspecified atom stereocenters. The molecule has 1 rings (SSSR count). The zero-order chi connectivity index (χ0) is 11.3. The van der Waals surface area contributed by atoms with Crippen molar-refractivity contribution in [1.82, 2.24) is 0 Å². The van der Waals surface area contributed by atoms with Crippen molar-refractivity contribution in [2.45, 2.75) is 46.0 Å². The smallest absolute Gasteiger partial charge is 0.0449 e. The van der Waals surface area contributed by atoms with Crippen LogP contribution in [-0.4, -0.2) is 0 Å². The maximum atomic E-state index is 5.58.